The minimum absolute atomic E-state index is 0.0647. The van der Waals surface area contributed by atoms with Crippen LogP contribution >= 0.6 is 0 Å². The Hall–Kier alpha value is -6.32. The molecule has 0 spiro atoms. The molecule has 0 bridgehead atoms. The van der Waals surface area contributed by atoms with Gasteiger partial charge in [0.15, 0.2) is 0 Å². The van der Waals surface area contributed by atoms with Crippen LogP contribution in [0.5, 0.6) is 0 Å². The highest BCUT2D eigenvalue weighted by atomic mass is 16.3. The van der Waals surface area contributed by atoms with Crippen LogP contribution in [-0.4, -0.2) is 164 Å². The normalized spacial score (nSPS) is 23.4. The van der Waals surface area contributed by atoms with E-state index in [0.29, 0.717) is 12.0 Å². The number of nitrogens with two attached hydrogens (primary N) is 5. The van der Waals surface area contributed by atoms with Crippen molar-refractivity contribution in [3.8, 4) is 0 Å². The lowest BCUT2D eigenvalue weighted by atomic mass is 10.00. The lowest BCUT2D eigenvalue weighted by Crippen LogP contribution is -2.61. The van der Waals surface area contributed by atoms with Crippen LogP contribution in [0.25, 0.3) is 0 Å². The standard InChI is InChI=1S/C47H81N15O11/c1-5-29(54-37(64)12-9-18-48)39(65)55-30(13-19-49)41(67)59-34-17-23-53-47(73)38(27(4)63)62-44(70)33(16-22-52)57-40(66)31(14-20-50)58-45(71)35(24-26(2)3)60-46(72)36(25-28-10-7-6-8-11-28)61-42(68)32(15-21-51)56-43(34)69/h6-8,10-11,26-27,29-36,38,63H,5,9,12-25,48-52H2,1-4H3,(H,53,73)(H,54,64)(H,55,65)(H,56,69)(H,57,66)(H,58,71)(H,59,67)(H,60,72)(H,61,68)(H,62,70)/t27-,29+,30+,31+,32+,33+,34+,35+,36-,38+/m1/s1. The van der Waals surface area contributed by atoms with Crippen LogP contribution in [0.3, 0.4) is 0 Å². The Bertz CT molecular complexity index is 1980. The highest BCUT2D eigenvalue weighted by Crippen LogP contribution is 2.11. The van der Waals surface area contributed by atoms with E-state index in [9.17, 15) is 53.1 Å². The van der Waals surface area contributed by atoms with Gasteiger partial charge in [-0.1, -0.05) is 51.1 Å². The number of carbonyl (C=O) groups excluding carboxylic acids is 10. The highest BCUT2D eigenvalue weighted by molar-refractivity contribution is 5.98. The largest absolute Gasteiger partial charge is 0.391 e. The van der Waals surface area contributed by atoms with Gasteiger partial charge in [-0.3, -0.25) is 47.9 Å². The molecule has 1 aromatic carbocycles. The molecule has 1 aliphatic heterocycles. The maximum absolute atomic E-state index is 14.3. The number of aliphatic hydroxyl groups is 1. The first-order valence-electron chi connectivity index (χ1n) is 25.0. The van der Waals surface area contributed by atoms with Crippen molar-refractivity contribution in [1.82, 2.24) is 53.2 Å². The van der Waals surface area contributed by atoms with Gasteiger partial charge in [0, 0.05) is 19.4 Å². The SMILES string of the molecule is CC[C@H](NC(=O)CCCN)C(=O)N[C@@H](CCN)C(=O)N[C@H]1CCNC(=O)[C@H]([C@@H](C)O)NC(=O)[C@H](CCN)NC(=O)[C@H](CCN)NC(=O)[C@H](CC(C)C)NC(=O)[C@@H](Cc2ccccc2)NC(=O)[C@H](CCN)NC1=O. The summed E-state index contributed by atoms with van der Waals surface area (Å²) in [5, 5.41) is 36.5. The molecule has 0 unspecified atom stereocenters. The van der Waals surface area contributed by atoms with Crippen LogP contribution in [0.2, 0.25) is 0 Å². The number of amides is 10. The summed E-state index contributed by atoms with van der Waals surface area (Å²) in [5.74, 6) is -8.35. The van der Waals surface area contributed by atoms with Crippen LogP contribution in [0.1, 0.15) is 91.0 Å². The van der Waals surface area contributed by atoms with E-state index in [1.807, 2.05) is 0 Å². The van der Waals surface area contributed by atoms with Crippen LogP contribution in [0.4, 0.5) is 0 Å². The van der Waals surface area contributed by atoms with Gasteiger partial charge in [-0.05, 0) is 102 Å². The molecule has 1 fully saturated rings. The molecule has 1 aromatic rings. The number of hydrogen-bond acceptors (Lipinski definition) is 16. The minimum atomic E-state index is -1.64. The molecule has 0 aromatic heterocycles. The lowest BCUT2D eigenvalue weighted by Gasteiger charge is -2.28. The smallest absolute Gasteiger partial charge is 0.245 e. The second-order valence-corrected chi connectivity index (χ2v) is 18.3. The summed E-state index contributed by atoms with van der Waals surface area (Å²) in [7, 11) is 0. The average molecular weight is 1030 g/mol. The van der Waals surface area contributed by atoms with Crippen molar-refractivity contribution in [1.29, 1.82) is 0 Å². The van der Waals surface area contributed by atoms with E-state index in [-0.39, 0.29) is 96.4 Å². The summed E-state index contributed by atoms with van der Waals surface area (Å²) in [5.41, 5.74) is 29.5. The number of nitrogens with one attached hydrogen (secondary N) is 10. The fourth-order valence-corrected chi connectivity index (χ4v) is 7.67. The first-order chi connectivity index (χ1) is 34.7. The molecule has 1 heterocycles. The maximum atomic E-state index is 14.3. The molecule has 410 valence electrons. The summed E-state index contributed by atoms with van der Waals surface area (Å²) in [6.45, 7) is 5.85. The summed E-state index contributed by atoms with van der Waals surface area (Å²) in [6.07, 6.45) is -1.89. The quantitative estimate of drug-likeness (QED) is 0.0514. The van der Waals surface area contributed by atoms with Crippen LogP contribution < -0.4 is 81.8 Å². The Morgan fingerprint density at radius 1 is 0.616 bits per heavy atom. The first kappa shape index (κ1) is 62.8. The van der Waals surface area contributed by atoms with Gasteiger partial charge in [-0.25, -0.2) is 0 Å². The average Bonchev–Trinajstić information content (AvgIpc) is 3.34. The Kier molecular flexibility index (Phi) is 28.7. The van der Waals surface area contributed by atoms with Crippen molar-refractivity contribution in [2.45, 2.75) is 152 Å². The topological polar surface area (TPSA) is 441 Å². The van der Waals surface area contributed by atoms with E-state index >= 15 is 0 Å². The molecule has 10 amide bonds. The molecule has 2 rings (SSSR count). The van der Waals surface area contributed by atoms with E-state index in [2.05, 4.69) is 53.2 Å². The third-order valence-corrected chi connectivity index (χ3v) is 11.7. The molecule has 0 aliphatic carbocycles. The Morgan fingerprint density at radius 3 is 1.63 bits per heavy atom. The molecular weight excluding hydrogens is 951 g/mol. The zero-order chi connectivity index (χ0) is 54.6. The van der Waals surface area contributed by atoms with Crippen molar-refractivity contribution in [3.05, 3.63) is 35.9 Å². The number of benzene rings is 1. The predicted molar refractivity (Wildman–Crippen MR) is 270 cm³/mol. The fourth-order valence-electron chi connectivity index (χ4n) is 7.67. The lowest BCUT2D eigenvalue weighted by molar-refractivity contribution is -0.136. The first-order valence-corrected chi connectivity index (χ1v) is 25.0. The Balaban J connectivity index is 2.72. The Morgan fingerprint density at radius 2 is 1.12 bits per heavy atom. The minimum Gasteiger partial charge on any atom is -0.391 e. The molecule has 26 heteroatoms. The zero-order valence-corrected chi connectivity index (χ0v) is 42.5. The van der Waals surface area contributed by atoms with Gasteiger partial charge in [0.2, 0.25) is 59.1 Å². The monoisotopic (exact) mass is 1030 g/mol. The van der Waals surface area contributed by atoms with Gasteiger partial charge < -0.3 is 86.9 Å². The van der Waals surface area contributed by atoms with Gasteiger partial charge in [0.1, 0.15) is 54.4 Å². The van der Waals surface area contributed by atoms with Gasteiger partial charge in [0.05, 0.1) is 6.10 Å². The Labute approximate surface area is 426 Å². The summed E-state index contributed by atoms with van der Waals surface area (Å²) < 4.78 is 0. The summed E-state index contributed by atoms with van der Waals surface area (Å²) in [6, 6.07) is -3.74. The van der Waals surface area contributed by atoms with Crippen molar-refractivity contribution in [2.24, 2.45) is 34.6 Å². The fraction of sp³-hybridized carbons (Fsp3) is 0.660. The molecule has 73 heavy (non-hydrogen) atoms. The number of hydrogen-bond donors (Lipinski definition) is 16. The van der Waals surface area contributed by atoms with Crippen LogP contribution in [-0.2, 0) is 54.4 Å². The molecule has 0 saturated carbocycles. The predicted octanol–water partition coefficient (Wildman–Crippen LogP) is -5.92. The zero-order valence-electron chi connectivity index (χ0n) is 42.5. The van der Waals surface area contributed by atoms with Crippen molar-refractivity contribution < 1.29 is 53.1 Å². The molecule has 26 nitrogen and oxygen atoms in total. The van der Waals surface area contributed by atoms with Gasteiger partial charge in [-0.15, -0.1) is 0 Å². The van der Waals surface area contributed by atoms with Crippen molar-refractivity contribution >= 4 is 59.1 Å². The van der Waals surface area contributed by atoms with Gasteiger partial charge in [0.25, 0.3) is 0 Å². The highest BCUT2D eigenvalue weighted by Gasteiger charge is 2.36. The molecular formula is C47H81N15O11. The van der Waals surface area contributed by atoms with Crippen LogP contribution in [0.15, 0.2) is 30.3 Å². The van der Waals surface area contributed by atoms with Crippen molar-refractivity contribution in [3.63, 3.8) is 0 Å². The maximum Gasteiger partial charge on any atom is 0.245 e. The number of rotatable bonds is 22. The second kappa shape index (κ2) is 33.4. The van der Waals surface area contributed by atoms with E-state index in [1.165, 1.54) is 6.92 Å². The van der Waals surface area contributed by atoms with Gasteiger partial charge in [-0.2, -0.15) is 0 Å². The van der Waals surface area contributed by atoms with E-state index in [1.54, 1.807) is 51.1 Å². The molecule has 0 radical (unpaired) electrons. The van der Waals surface area contributed by atoms with Gasteiger partial charge >= 0.3 is 0 Å². The number of aliphatic hydroxyl groups excluding tert-OH is 1. The molecule has 21 N–H and O–H groups in total. The molecule has 10 atom stereocenters. The third kappa shape index (κ3) is 22.1. The third-order valence-electron chi connectivity index (χ3n) is 11.7. The summed E-state index contributed by atoms with van der Waals surface area (Å²) >= 11 is 0. The molecule has 1 aliphatic rings. The van der Waals surface area contributed by atoms with Crippen LogP contribution in [0, 0.1) is 5.92 Å². The van der Waals surface area contributed by atoms with E-state index in [0.717, 1.165) is 0 Å². The second-order valence-electron chi connectivity index (χ2n) is 18.3. The summed E-state index contributed by atoms with van der Waals surface area (Å²) in [4.78, 5) is 138. The van der Waals surface area contributed by atoms with E-state index in [4.69, 9.17) is 28.7 Å². The molecule has 1 saturated heterocycles. The van der Waals surface area contributed by atoms with E-state index < -0.39 is 126 Å². The van der Waals surface area contributed by atoms with Crippen molar-refractivity contribution in [2.75, 3.05) is 39.3 Å². The number of carbonyl (C=O) groups is 10.